The molecule has 3 rings (SSSR count). The normalized spacial score (nSPS) is 16.5. The minimum Gasteiger partial charge on any atom is -0.356 e. The molecule has 27 heavy (non-hydrogen) atoms. The number of hydrogen-bond donors (Lipinski definition) is 2. The van der Waals surface area contributed by atoms with Crippen LogP contribution in [0, 0.1) is 5.82 Å². The zero-order chi connectivity index (χ0) is 18.4. The number of nitrogens with one attached hydrogen (secondary N) is 2. The van der Waals surface area contributed by atoms with Crippen LogP contribution in [-0.2, 0) is 19.0 Å². The third-order valence-electron chi connectivity index (χ3n) is 5.30. The van der Waals surface area contributed by atoms with E-state index in [2.05, 4.69) is 25.7 Å². The molecule has 0 unspecified atom stereocenters. The number of halogens is 2. The van der Waals surface area contributed by atoms with Gasteiger partial charge in [0, 0.05) is 26.1 Å². The van der Waals surface area contributed by atoms with Crippen LogP contribution in [-0.4, -0.2) is 34.3 Å². The first-order valence-corrected chi connectivity index (χ1v) is 9.16. The first kappa shape index (κ1) is 21.6. The van der Waals surface area contributed by atoms with Crippen molar-refractivity contribution in [1.82, 2.24) is 25.4 Å². The standard InChI is InChI=1S/C19H27FN6.HI/c1-21-18(22-12-17-24-14-25-26(17)2)23-13-19(10-4-3-5-11-19)15-6-8-16(20)9-7-15;/h6-9,14H,3-5,10-13H2,1-2H3,(H2,21,22,23);1H. The Morgan fingerprint density at radius 2 is 1.89 bits per heavy atom. The lowest BCUT2D eigenvalue weighted by molar-refractivity contribution is 0.291. The van der Waals surface area contributed by atoms with Crippen molar-refractivity contribution in [3.05, 3.63) is 47.8 Å². The highest BCUT2D eigenvalue weighted by Crippen LogP contribution is 2.39. The van der Waals surface area contributed by atoms with Gasteiger partial charge in [-0.2, -0.15) is 5.10 Å². The van der Waals surface area contributed by atoms with Crippen molar-refractivity contribution in [3.63, 3.8) is 0 Å². The van der Waals surface area contributed by atoms with Crippen molar-refractivity contribution < 1.29 is 4.39 Å². The molecule has 8 heteroatoms. The molecule has 1 aromatic carbocycles. The van der Waals surface area contributed by atoms with Gasteiger partial charge in [0.15, 0.2) is 5.96 Å². The van der Waals surface area contributed by atoms with Gasteiger partial charge in [0.25, 0.3) is 0 Å². The summed E-state index contributed by atoms with van der Waals surface area (Å²) in [4.78, 5) is 8.53. The summed E-state index contributed by atoms with van der Waals surface area (Å²) in [7, 11) is 3.63. The van der Waals surface area contributed by atoms with E-state index in [0.29, 0.717) is 6.54 Å². The molecule has 0 bridgehead atoms. The topological polar surface area (TPSA) is 67.1 Å². The summed E-state index contributed by atoms with van der Waals surface area (Å²) >= 11 is 0. The van der Waals surface area contributed by atoms with Gasteiger partial charge in [0.1, 0.15) is 18.0 Å². The van der Waals surface area contributed by atoms with Crippen molar-refractivity contribution in [1.29, 1.82) is 0 Å². The third-order valence-corrected chi connectivity index (χ3v) is 5.30. The molecule has 1 fully saturated rings. The smallest absolute Gasteiger partial charge is 0.191 e. The molecule has 0 amide bonds. The van der Waals surface area contributed by atoms with Crippen LogP contribution in [0.1, 0.15) is 43.5 Å². The van der Waals surface area contributed by atoms with Crippen LogP contribution in [0.15, 0.2) is 35.6 Å². The minimum absolute atomic E-state index is 0. The average molecular weight is 486 g/mol. The fourth-order valence-corrected chi connectivity index (χ4v) is 3.72. The lowest BCUT2D eigenvalue weighted by atomic mass is 9.69. The predicted octanol–water partition coefficient (Wildman–Crippen LogP) is 3.14. The van der Waals surface area contributed by atoms with Gasteiger partial charge in [-0.1, -0.05) is 31.4 Å². The van der Waals surface area contributed by atoms with Crippen LogP contribution in [0.5, 0.6) is 0 Å². The Hall–Kier alpha value is -1.71. The Morgan fingerprint density at radius 3 is 2.48 bits per heavy atom. The molecule has 2 N–H and O–H groups in total. The zero-order valence-electron chi connectivity index (χ0n) is 15.9. The molecule has 2 aromatic rings. The number of aliphatic imine (C=N–C) groups is 1. The van der Waals surface area contributed by atoms with Crippen LogP contribution in [0.3, 0.4) is 0 Å². The summed E-state index contributed by atoms with van der Waals surface area (Å²) in [6.07, 6.45) is 7.41. The maximum Gasteiger partial charge on any atom is 0.191 e. The number of aryl methyl sites for hydroxylation is 1. The summed E-state index contributed by atoms with van der Waals surface area (Å²) < 4.78 is 15.1. The minimum atomic E-state index is -0.186. The molecule has 6 nitrogen and oxygen atoms in total. The van der Waals surface area contributed by atoms with E-state index in [0.717, 1.165) is 31.2 Å². The highest BCUT2D eigenvalue weighted by Gasteiger charge is 2.34. The van der Waals surface area contributed by atoms with Gasteiger partial charge in [0.2, 0.25) is 0 Å². The van der Waals surface area contributed by atoms with E-state index < -0.39 is 0 Å². The molecule has 0 saturated heterocycles. The highest BCUT2D eigenvalue weighted by atomic mass is 127. The molecule has 0 atom stereocenters. The van der Waals surface area contributed by atoms with E-state index in [-0.39, 0.29) is 35.2 Å². The monoisotopic (exact) mass is 486 g/mol. The molecule has 0 aliphatic heterocycles. The van der Waals surface area contributed by atoms with Crippen molar-refractivity contribution in [2.24, 2.45) is 12.0 Å². The van der Waals surface area contributed by atoms with Gasteiger partial charge < -0.3 is 10.6 Å². The molecule has 1 heterocycles. The number of aromatic nitrogens is 3. The summed E-state index contributed by atoms with van der Waals surface area (Å²) in [5.41, 5.74) is 1.23. The number of rotatable bonds is 5. The van der Waals surface area contributed by atoms with E-state index >= 15 is 0 Å². The Morgan fingerprint density at radius 1 is 1.19 bits per heavy atom. The van der Waals surface area contributed by atoms with E-state index in [1.54, 1.807) is 30.2 Å². The van der Waals surface area contributed by atoms with Gasteiger partial charge in [-0.15, -0.1) is 24.0 Å². The van der Waals surface area contributed by atoms with Gasteiger partial charge >= 0.3 is 0 Å². The third kappa shape index (κ3) is 5.40. The molecule has 0 spiro atoms. The summed E-state index contributed by atoms with van der Waals surface area (Å²) in [5.74, 6) is 1.40. The molecule has 1 aromatic heterocycles. The Labute approximate surface area is 177 Å². The number of benzene rings is 1. The van der Waals surface area contributed by atoms with Gasteiger partial charge in [-0.05, 0) is 30.5 Å². The molecular weight excluding hydrogens is 458 g/mol. The summed E-state index contributed by atoms with van der Waals surface area (Å²) in [6, 6.07) is 6.98. The van der Waals surface area contributed by atoms with E-state index in [1.165, 1.54) is 24.8 Å². The Kier molecular flexibility index (Phi) is 8.00. The lowest BCUT2D eigenvalue weighted by Gasteiger charge is -2.38. The second-order valence-electron chi connectivity index (χ2n) is 6.93. The van der Waals surface area contributed by atoms with Crippen LogP contribution in [0.4, 0.5) is 4.39 Å². The van der Waals surface area contributed by atoms with Gasteiger partial charge in [-0.3, -0.25) is 9.67 Å². The van der Waals surface area contributed by atoms with Crippen molar-refractivity contribution in [3.8, 4) is 0 Å². The first-order chi connectivity index (χ1) is 12.6. The SMILES string of the molecule is CN=C(NCc1ncnn1C)NCC1(c2ccc(F)cc2)CCCCC1.I. The van der Waals surface area contributed by atoms with Crippen LogP contribution >= 0.6 is 24.0 Å². The average Bonchev–Trinajstić information content (AvgIpc) is 3.08. The van der Waals surface area contributed by atoms with Gasteiger partial charge in [0.05, 0.1) is 6.54 Å². The Balaban J connectivity index is 0.00000261. The molecular formula is C19H28FIN6. The fraction of sp³-hybridized carbons (Fsp3) is 0.526. The highest BCUT2D eigenvalue weighted by molar-refractivity contribution is 14.0. The number of hydrogen-bond acceptors (Lipinski definition) is 3. The maximum atomic E-state index is 13.4. The molecule has 1 aliphatic rings. The molecule has 1 saturated carbocycles. The van der Waals surface area contributed by atoms with E-state index in [1.807, 2.05) is 19.2 Å². The van der Waals surface area contributed by atoms with Crippen LogP contribution in [0.25, 0.3) is 0 Å². The lowest BCUT2D eigenvalue weighted by Crippen LogP contribution is -2.46. The number of guanidine groups is 1. The van der Waals surface area contributed by atoms with Gasteiger partial charge in [-0.25, -0.2) is 9.37 Å². The molecule has 148 valence electrons. The van der Waals surface area contributed by atoms with Crippen molar-refractivity contribution in [2.75, 3.05) is 13.6 Å². The van der Waals surface area contributed by atoms with E-state index in [9.17, 15) is 4.39 Å². The maximum absolute atomic E-state index is 13.4. The first-order valence-electron chi connectivity index (χ1n) is 9.16. The van der Waals surface area contributed by atoms with Crippen LogP contribution in [0.2, 0.25) is 0 Å². The number of nitrogens with zero attached hydrogens (tertiary/aromatic N) is 4. The summed E-state index contributed by atoms with van der Waals surface area (Å²) in [6.45, 7) is 1.33. The summed E-state index contributed by atoms with van der Waals surface area (Å²) in [5, 5.41) is 10.8. The molecule has 1 aliphatic carbocycles. The Bertz CT molecular complexity index is 737. The van der Waals surface area contributed by atoms with E-state index in [4.69, 9.17) is 0 Å². The van der Waals surface area contributed by atoms with Crippen LogP contribution < -0.4 is 10.6 Å². The molecule has 0 radical (unpaired) electrons. The largest absolute Gasteiger partial charge is 0.356 e. The second-order valence-corrected chi connectivity index (χ2v) is 6.93. The van der Waals surface area contributed by atoms with Crippen molar-refractivity contribution >= 4 is 29.9 Å². The quantitative estimate of drug-likeness (QED) is 0.387. The fourth-order valence-electron chi connectivity index (χ4n) is 3.72. The van der Waals surface area contributed by atoms with Crippen molar-refractivity contribution in [2.45, 2.75) is 44.1 Å². The zero-order valence-corrected chi connectivity index (χ0v) is 18.2. The predicted molar refractivity (Wildman–Crippen MR) is 116 cm³/mol. The second kappa shape index (κ2) is 10.0.